The second-order valence-corrected chi connectivity index (χ2v) is 5.38. The van der Waals surface area contributed by atoms with Crippen LogP contribution in [0.5, 0.6) is 0 Å². The predicted molar refractivity (Wildman–Crippen MR) is 75.1 cm³/mol. The van der Waals surface area contributed by atoms with E-state index in [2.05, 4.69) is 12.2 Å². The molecule has 0 bridgehead atoms. The maximum atomic E-state index is 13.0. The minimum atomic E-state index is -0.785. The van der Waals surface area contributed by atoms with Crippen LogP contribution < -0.4 is 11.1 Å². The molecule has 19 heavy (non-hydrogen) atoms. The quantitative estimate of drug-likeness (QED) is 0.797. The van der Waals surface area contributed by atoms with Crippen LogP contribution >= 0.6 is 0 Å². The summed E-state index contributed by atoms with van der Waals surface area (Å²) >= 11 is 0. The highest BCUT2D eigenvalue weighted by molar-refractivity contribution is 5.83. The van der Waals surface area contributed by atoms with Crippen molar-refractivity contribution in [1.29, 1.82) is 0 Å². The fourth-order valence-corrected chi connectivity index (χ4v) is 1.93. The molecule has 0 aliphatic heterocycles. The Morgan fingerprint density at radius 2 is 1.95 bits per heavy atom. The number of benzene rings is 1. The van der Waals surface area contributed by atoms with E-state index in [1.54, 1.807) is 26.0 Å². The SMILES string of the molecule is CCCCC(NC(C)(C)C(N)=O)c1ccc(F)cc1. The molecule has 1 aromatic carbocycles. The van der Waals surface area contributed by atoms with Crippen molar-refractivity contribution in [2.75, 3.05) is 0 Å². The van der Waals surface area contributed by atoms with Gasteiger partial charge in [0.2, 0.25) is 5.91 Å². The summed E-state index contributed by atoms with van der Waals surface area (Å²) in [5.74, 6) is -0.650. The van der Waals surface area contributed by atoms with Gasteiger partial charge in [0.15, 0.2) is 0 Å². The maximum absolute atomic E-state index is 13.0. The van der Waals surface area contributed by atoms with E-state index >= 15 is 0 Å². The highest BCUT2D eigenvalue weighted by atomic mass is 19.1. The lowest BCUT2D eigenvalue weighted by atomic mass is 9.96. The van der Waals surface area contributed by atoms with Gasteiger partial charge in [0, 0.05) is 6.04 Å². The molecule has 4 heteroatoms. The molecule has 0 aliphatic carbocycles. The van der Waals surface area contributed by atoms with Crippen LogP contribution in [0.25, 0.3) is 0 Å². The molecule has 1 amide bonds. The van der Waals surface area contributed by atoms with Crippen LogP contribution in [0, 0.1) is 5.82 Å². The van der Waals surface area contributed by atoms with Gasteiger partial charge in [0.1, 0.15) is 5.82 Å². The highest BCUT2D eigenvalue weighted by Gasteiger charge is 2.28. The minimum Gasteiger partial charge on any atom is -0.368 e. The molecule has 0 spiro atoms. The predicted octanol–water partition coefficient (Wildman–Crippen LogP) is 2.91. The smallest absolute Gasteiger partial charge is 0.237 e. The molecule has 0 heterocycles. The first-order chi connectivity index (χ1) is 8.86. The van der Waals surface area contributed by atoms with Gasteiger partial charge in [0.25, 0.3) is 0 Å². The van der Waals surface area contributed by atoms with Gasteiger partial charge in [-0.05, 0) is 38.0 Å². The van der Waals surface area contributed by atoms with E-state index in [0.29, 0.717) is 0 Å². The summed E-state index contributed by atoms with van der Waals surface area (Å²) in [6.45, 7) is 5.64. The Morgan fingerprint density at radius 3 is 2.42 bits per heavy atom. The Hall–Kier alpha value is -1.42. The summed E-state index contributed by atoms with van der Waals surface area (Å²) in [5.41, 5.74) is 5.58. The van der Waals surface area contributed by atoms with Crippen LogP contribution in [0.4, 0.5) is 4.39 Å². The number of nitrogens with one attached hydrogen (secondary N) is 1. The molecule has 0 radical (unpaired) electrons. The molecule has 0 aliphatic rings. The van der Waals surface area contributed by atoms with Gasteiger partial charge in [-0.3, -0.25) is 10.1 Å². The minimum absolute atomic E-state index is 0.00282. The van der Waals surface area contributed by atoms with E-state index in [4.69, 9.17) is 5.73 Å². The van der Waals surface area contributed by atoms with E-state index < -0.39 is 11.4 Å². The summed E-state index contributed by atoms with van der Waals surface area (Å²) in [4.78, 5) is 11.4. The van der Waals surface area contributed by atoms with Crippen molar-refractivity contribution in [3.63, 3.8) is 0 Å². The zero-order valence-electron chi connectivity index (χ0n) is 11.9. The van der Waals surface area contributed by atoms with Crippen molar-refractivity contribution < 1.29 is 9.18 Å². The Balaban J connectivity index is 2.88. The Bertz CT molecular complexity index is 415. The third-order valence-electron chi connectivity index (χ3n) is 3.27. The van der Waals surface area contributed by atoms with Gasteiger partial charge < -0.3 is 5.73 Å². The number of hydrogen-bond acceptors (Lipinski definition) is 2. The van der Waals surface area contributed by atoms with Crippen molar-refractivity contribution in [3.8, 4) is 0 Å². The van der Waals surface area contributed by atoms with E-state index in [9.17, 15) is 9.18 Å². The van der Waals surface area contributed by atoms with E-state index in [1.807, 2.05) is 0 Å². The lowest BCUT2D eigenvalue weighted by Gasteiger charge is -2.29. The molecule has 0 aromatic heterocycles. The zero-order chi connectivity index (χ0) is 14.5. The summed E-state index contributed by atoms with van der Waals surface area (Å²) < 4.78 is 13.0. The lowest BCUT2D eigenvalue weighted by Crippen LogP contribution is -2.51. The number of hydrogen-bond donors (Lipinski definition) is 2. The number of halogens is 1. The molecular weight excluding hydrogens is 243 g/mol. The van der Waals surface area contributed by atoms with Crippen LogP contribution in [-0.2, 0) is 4.79 Å². The van der Waals surface area contributed by atoms with Crippen molar-refractivity contribution in [2.24, 2.45) is 5.73 Å². The first-order valence-electron chi connectivity index (χ1n) is 6.70. The van der Waals surface area contributed by atoms with Crippen molar-refractivity contribution >= 4 is 5.91 Å². The first kappa shape index (κ1) is 15.6. The number of amides is 1. The molecule has 0 saturated carbocycles. The van der Waals surface area contributed by atoms with Crippen molar-refractivity contribution in [2.45, 2.75) is 51.6 Å². The highest BCUT2D eigenvalue weighted by Crippen LogP contribution is 2.22. The molecule has 1 rings (SSSR count). The Morgan fingerprint density at radius 1 is 1.37 bits per heavy atom. The third-order valence-corrected chi connectivity index (χ3v) is 3.27. The molecule has 0 fully saturated rings. The Labute approximate surface area is 114 Å². The molecule has 106 valence electrons. The van der Waals surface area contributed by atoms with Crippen molar-refractivity contribution in [3.05, 3.63) is 35.6 Å². The van der Waals surface area contributed by atoms with Crippen molar-refractivity contribution in [1.82, 2.24) is 5.32 Å². The van der Waals surface area contributed by atoms with Gasteiger partial charge >= 0.3 is 0 Å². The van der Waals surface area contributed by atoms with Gasteiger partial charge in [0.05, 0.1) is 5.54 Å². The average molecular weight is 266 g/mol. The van der Waals surface area contributed by atoms with Crippen LogP contribution in [0.15, 0.2) is 24.3 Å². The van der Waals surface area contributed by atoms with E-state index in [-0.39, 0.29) is 11.9 Å². The molecule has 1 aromatic rings. The fourth-order valence-electron chi connectivity index (χ4n) is 1.93. The molecular formula is C15H23FN2O. The average Bonchev–Trinajstić information content (AvgIpc) is 2.35. The monoisotopic (exact) mass is 266 g/mol. The number of primary amides is 1. The fraction of sp³-hybridized carbons (Fsp3) is 0.533. The molecule has 0 saturated heterocycles. The zero-order valence-corrected chi connectivity index (χ0v) is 11.9. The Kier molecular flexibility index (Phi) is 5.48. The number of carbonyl (C=O) groups excluding carboxylic acids is 1. The second-order valence-electron chi connectivity index (χ2n) is 5.38. The number of nitrogens with two attached hydrogens (primary N) is 1. The summed E-state index contributed by atoms with van der Waals surface area (Å²) in [6.07, 6.45) is 2.99. The van der Waals surface area contributed by atoms with Gasteiger partial charge in [-0.1, -0.05) is 31.9 Å². The van der Waals surface area contributed by atoms with Crippen LogP contribution in [0.2, 0.25) is 0 Å². The third kappa shape index (κ3) is 4.63. The molecule has 3 nitrogen and oxygen atoms in total. The lowest BCUT2D eigenvalue weighted by molar-refractivity contribution is -0.123. The second kappa shape index (κ2) is 6.66. The van der Waals surface area contributed by atoms with Gasteiger partial charge in [-0.2, -0.15) is 0 Å². The van der Waals surface area contributed by atoms with Crippen LogP contribution in [0.3, 0.4) is 0 Å². The van der Waals surface area contributed by atoms with Gasteiger partial charge in [-0.15, -0.1) is 0 Å². The molecule has 1 atom stereocenters. The summed E-state index contributed by atoms with van der Waals surface area (Å²) in [6, 6.07) is 6.38. The topological polar surface area (TPSA) is 55.1 Å². The molecule has 3 N–H and O–H groups in total. The van der Waals surface area contributed by atoms with Crippen LogP contribution in [-0.4, -0.2) is 11.4 Å². The van der Waals surface area contributed by atoms with E-state index in [0.717, 1.165) is 24.8 Å². The first-order valence-corrected chi connectivity index (χ1v) is 6.70. The largest absolute Gasteiger partial charge is 0.368 e. The summed E-state index contributed by atoms with van der Waals surface area (Å²) in [5, 5.41) is 3.27. The molecule has 1 unspecified atom stereocenters. The van der Waals surface area contributed by atoms with Crippen LogP contribution in [0.1, 0.15) is 51.6 Å². The maximum Gasteiger partial charge on any atom is 0.237 e. The normalized spacial score (nSPS) is 13.3. The summed E-state index contributed by atoms with van der Waals surface area (Å²) in [7, 11) is 0. The van der Waals surface area contributed by atoms with Gasteiger partial charge in [-0.25, -0.2) is 4.39 Å². The standard InChI is InChI=1S/C15H23FN2O/c1-4-5-6-13(18-15(2,3)14(17)19)11-7-9-12(16)10-8-11/h7-10,13,18H,4-6H2,1-3H3,(H2,17,19). The number of carbonyl (C=O) groups is 1. The number of rotatable bonds is 7. The number of unbranched alkanes of at least 4 members (excludes halogenated alkanes) is 1. The van der Waals surface area contributed by atoms with E-state index in [1.165, 1.54) is 12.1 Å².